The van der Waals surface area contributed by atoms with Gasteiger partial charge < -0.3 is 14.6 Å². The Morgan fingerprint density at radius 3 is 2.84 bits per heavy atom. The Morgan fingerprint density at radius 1 is 1.10 bits per heavy atom. The number of aromatic nitrogens is 1. The third-order valence-corrected chi connectivity index (χ3v) is 5.61. The first-order chi connectivity index (χ1) is 15.1. The molecule has 1 aliphatic rings. The Labute approximate surface area is 184 Å². The van der Waals surface area contributed by atoms with E-state index >= 15 is 0 Å². The van der Waals surface area contributed by atoms with Gasteiger partial charge in [0.05, 0.1) is 22.8 Å². The highest BCUT2D eigenvalue weighted by atomic mass is 35.5. The van der Waals surface area contributed by atoms with Crippen LogP contribution in [0.25, 0.3) is 10.9 Å². The van der Waals surface area contributed by atoms with Crippen molar-refractivity contribution in [1.82, 2.24) is 4.98 Å². The molecule has 3 aromatic carbocycles. The second-order valence-corrected chi connectivity index (χ2v) is 7.74. The van der Waals surface area contributed by atoms with Crippen LogP contribution < -0.4 is 9.47 Å². The molecule has 1 unspecified atom stereocenters. The van der Waals surface area contributed by atoms with Gasteiger partial charge >= 0.3 is 0 Å². The van der Waals surface area contributed by atoms with Crippen molar-refractivity contribution < 1.29 is 14.6 Å². The van der Waals surface area contributed by atoms with E-state index in [1.165, 1.54) is 0 Å². The Hall–Kier alpha value is -3.59. The zero-order valence-corrected chi connectivity index (χ0v) is 17.1. The molecule has 0 saturated heterocycles. The molecule has 2 heterocycles. The van der Waals surface area contributed by atoms with Gasteiger partial charge in [-0.2, -0.15) is 5.26 Å². The summed E-state index contributed by atoms with van der Waals surface area (Å²) < 4.78 is 11.8. The summed E-state index contributed by atoms with van der Waals surface area (Å²) >= 11 is 6.07. The zero-order chi connectivity index (χ0) is 21.4. The van der Waals surface area contributed by atoms with Crippen molar-refractivity contribution in [2.24, 2.45) is 0 Å². The lowest BCUT2D eigenvalue weighted by atomic mass is 9.94. The molecule has 1 aliphatic heterocycles. The highest BCUT2D eigenvalue weighted by Crippen LogP contribution is 2.38. The van der Waals surface area contributed by atoms with Gasteiger partial charge in [-0.15, -0.1) is 0 Å². The number of nitrogens with zero attached hydrogens (tertiary/aromatic N) is 2. The minimum absolute atomic E-state index is 0.229. The molecular weight excluding hydrogens is 412 g/mol. The van der Waals surface area contributed by atoms with E-state index in [1.807, 2.05) is 36.4 Å². The van der Waals surface area contributed by atoms with Crippen LogP contribution in [0.3, 0.4) is 0 Å². The molecule has 0 spiro atoms. The maximum atomic E-state index is 11.0. The fourth-order valence-electron chi connectivity index (χ4n) is 3.78. The van der Waals surface area contributed by atoms with E-state index in [2.05, 4.69) is 11.1 Å². The van der Waals surface area contributed by atoms with Crippen molar-refractivity contribution in [1.29, 1.82) is 5.26 Å². The highest BCUT2D eigenvalue weighted by molar-refractivity contribution is 6.31. The topological polar surface area (TPSA) is 75.4 Å². The number of hydrogen-bond acceptors (Lipinski definition) is 5. The molecule has 0 bridgehead atoms. The summed E-state index contributed by atoms with van der Waals surface area (Å²) in [7, 11) is 0. The fraction of sp³-hybridized carbons (Fsp3) is 0.120. The number of hydrogen-bond donors (Lipinski definition) is 1. The lowest BCUT2D eigenvalue weighted by Gasteiger charge is -2.15. The van der Waals surface area contributed by atoms with Gasteiger partial charge in [-0.05, 0) is 48.0 Å². The van der Waals surface area contributed by atoms with Crippen LogP contribution in [0.2, 0.25) is 5.02 Å². The van der Waals surface area contributed by atoms with Gasteiger partial charge in [-0.1, -0.05) is 35.9 Å². The van der Waals surface area contributed by atoms with Crippen molar-refractivity contribution in [3.8, 4) is 17.6 Å². The Kier molecular flexibility index (Phi) is 4.95. The van der Waals surface area contributed by atoms with Gasteiger partial charge in [-0.25, -0.2) is 4.98 Å². The van der Waals surface area contributed by atoms with Crippen molar-refractivity contribution in [2.75, 3.05) is 0 Å². The summed E-state index contributed by atoms with van der Waals surface area (Å²) in [4.78, 5) is 4.60. The third-order valence-electron chi connectivity index (χ3n) is 5.37. The molecule has 1 atom stereocenters. The van der Waals surface area contributed by atoms with Crippen LogP contribution in [0.15, 0.2) is 66.7 Å². The molecule has 0 aliphatic carbocycles. The molecule has 5 rings (SSSR count). The maximum Gasteiger partial charge on any atom is 0.130 e. The Balaban J connectivity index is 1.41. The van der Waals surface area contributed by atoms with Crippen molar-refractivity contribution >= 4 is 22.5 Å². The summed E-state index contributed by atoms with van der Waals surface area (Å²) in [6, 6.07) is 22.3. The summed E-state index contributed by atoms with van der Waals surface area (Å²) in [6.45, 7) is 0.500. The number of aliphatic hydroxyl groups excluding tert-OH is 1. The van der Waals surface area contributed by atoms with Crippen LogP contribution in [-0.2, 0) is 13.2 Å². The molecule has 0 fully saturated rings. The Bertz CT molecular complexity index is 1350. The standard InChI is InChI=1S/C25H17ClN2O3/c26-17-6-4-15-5-7-18(28-23(15)10-17)13-30-19-8-9-24-21(11-19)25(29)20-3-1-2-16(12-27)22(20)14-31-24/h1-11,25,29H,13-14H2. The minimum atomic E-state index is -0.912. The molecule has 0 amide bonds. The van der Waals surface area contributed by atoms with Crippen LogP contribution in [-0.4, -0.2) is 10.1 Å². The molecule has 31 heavy (non-hydrogen) atoms. The first-order valence-corrected chi connectivity index (χ1v) is 10.1. The lowest BCUT2D eigenvalue weighted by molar-refractivity contribution is 0.217. The average molecular weight is 429 g/mol. The van der Waals surface area contributed by atoms with Crippen LogP contribution in [0.4, 0.5) is 0 Å². The van der Waals surface area contributed by atoms with E-state index in [0.29, 0.717) is 38.8 Å². The molecule has 1 N–H and O–H groups in total. The summed E-state index contributed by atoms with van der Waals surface area (Å²) in [5.74, 6) is 1.16. The molecule has 4 aromatic rings. The summed E-state index contributed by atoms with van der Waals surface area (Å²) in [5.41, 5.74) is 4.06. The van der Waals surface area contributed by atoms with E-state index in [4.69, 9.17) is 21.1 Å². The monoisotopic (exact) mass is 428 g/mol. The van der Waals surface area contributed by atoms with Gasteiger partial charge in [0.25, 0.3) is 0 Å². The zero-order valence-electron chi connectivity index (χ0n) is 16.4. The average Bonchev–Trinajstić information content (AvgIpc) is 2.94. The number of nitriles is 1. The molecule has 0 radical (unpaired) electrons. The second-order valence-electron chi connectivity index (χ2n) is 7.30. The highest BCUT2D eigenvalue weighted by Gasteiger charge is 2.25. The number of halogens is 1. The minimum Gasteiger partial charge on any atom is -0.488 e. The quantitative estimate of drug-likeness (QED) is 0.478. The van der Waals surface area contributed by atoms with Crippen LogP contribution in [0.1, 0.15) is 34.1 Å². The van der Waals surface area contributed by atoms with Gasteiger partial charge in [0, 0.05) is 21.5 Å². The number of ether oxygens (including phenoxy) is 2. The van der Waals surface area contributed by atoms with Crippen LogP contribution in [0, 0.1) is 11.3 Å². The number of benzene rings is 3. The lowest BCUT2D eigenvalue weighted by Crippen LogP contribution is -2.04. The molecule has 152 valence electrons. The van der Waals surface area contributed by atoms with Gasteiger partial charge in [0.15, 0.2) is 0 Å². The van der Waals surface area contributed by atoms with Crippen molar-refractivity contribution in [3.05, 3.63) is 99.7 Å². The fourth-order valence-corrected chi connectivity index (χ4v) is 3.94. The smallest absolute Gasteiger partial charge is 0.130 e. The molecular formula is C25H17ClN2O3. The van der Waals surface area contributed by atoms with E-state index in [0.717, 1.165) is 16.6 Å². The summed E-state index contributed by atoms with van der Waals surface area (Å²) in [5, 5.41) is 22.0. The normalized spacial score (nSPS) is 14.7. The van der Waals surface area contributed by atoms with Crippen molar-refractivity contribution in [3.63, 3.8) is 0 Å². The van der Waals surface area contributed by atoms with E-state index in [9.17, 15) is 10.4 Å². The number of rotatable bonds is 3. The van der Waals surface area contributed by atoms with Crippen LogP contribution in [0.5, 0.6) is 11.5 Å². The van der Waals surface area contributed by atoms with E-state index in [1.54, 1.807) is 30.3 Å². The molecule has 5 nitrogen and oxygen atoms in total. The molecule has 1 aromatic heterocycles. The van der Waals surface area contributed by atoms with Gasteiger partial charge in [-0.3, -0.25) is 0 Å². The number of aliphatic hydroxyl groups is 1. The third kappa shape index (κ3) is 3.68. The van der Waals surface area contributed by atoms with E-state index < -0.39 is 6.10 Å². The second kappa shape index (κ2) is 7.92. The first kappa shape index (κ1) is 19.4. The predicted molar refractivity (Wildman–Crippen MR) is 117 cm³/mol. The first-order valence-electron chi connectivity index (χ1n) is 9.77. The summed E-state index contributed by atoms with van der Waals surface area (Å²) in [6.07, 6.45) is -0.912. The SMILES string of the molecule is N#Cc1cccc2c1COc1ccc(OCc3ccc4ccc(Cl)cc4n3)cc1C2O. The van der Waals surface area contributed by atoms with Gasteiger partial charge in [0.1, 0.15) is 30.8 Å². The Morgan fingerprint density at radius 2 is 1.97 bits per heavy atom. The van der Waals surface area contributed by atoms with Crippen LogP contribution >= 0.6 is 11.6 Å². The van der Waals surface area contributed by atoms with Gasteiger partial charge in [0.2, 0.25) is 0 Å². The van der Waals surface area contributed by atoms with E-state index in [-0.39, 0.29) is 13.2 Å². The number of fused-ring (bicyclic) bond motifs is 3. The molecule has 0 saturated carbocycles. The van der Waals surface area contributed by atoms with Crippen molar-refractivity contribution in [2.45, 2.75) is 19.3 Å². The number of pyridine rings is 1. The molecule has 6 heteroatoms. The maximum absolute atomic E-state index is 11.0. The predicted octanol–water partition coefficient (Wildman–Crippen LogP) is 5.31. The largest absolute Gasteiger partial charge is 0.488 e.